The summed E-state index contributed by atoms with van der Waals surface area (Å²) in [6.07, 6.45) is 0.496. The summed E-state index contributed by atoms with van der Waals surface area (Å²) >= 11 is 0. The van der Waals surface area contributed by atoms with Crippen molar-refractivity contribution in [2.45, 2.75) is 12.8 Å². The van der Waals surface area contributed by atoms with Crippen LogP contribution in [-0.2, 0) is 11.2 Å². The van der Waals surface area contributed by atoms with Crippen LogP contribution in [0.25, 0.3) is 16.9 Å². The number of aryl methyl sites for hydroxylation is 1. The number of ether oxygens (including phenoxy) is 1. The van der Waals surface area contributed by atoms with Gasteiger partial charge in [0, 0.05) is 11.4 Å². The molecule has 0 saturated carbocycles. The van der Waals surface area contributed by atoms with Crippen molar-refractivity contribution in [1.29, 1.82) is 0 Å². The van der Waals surface area contributed by atoms with Crippen molar-refractivity contribution in [1.82, 2.24) is 4.57 Å². The quantitative estimate of drug-likeness (QED) is 0.324. The van der Waals surface area contributed by atoms with E-state index in [1.165, 1.54) is 0 Å². The summed E-state index contributed by atoms with van der Waals surface area (Å²) in [6, 6.07) is 29.1. The summed E-state index contributed by atoms with van der Waals surface area (Å²) in [5.41, 5.74) is 5.38. The molecule has 1 aromatic heterocycles. The number of carboxylic acids is 1. The second-order valence-electron chi connectivity index (χ2n) is 7.22. The van der Waals surface area contributed by atoms with Crippen molar-refractivity contribution in [2.24, 2.45) is 10.2 Å². The molecule has 32 heavy (non-hydrogen) atoms. The summed E-state index contributed by atoms with van der Waals surface area (Å²) in [6.45, 7) is 0. The largest absolute Gasteiger partial charge is 0.497 e. The summed E-state index contributed by atoms with van der Waals surface area (Å²) in [7, 11) is 1.64. The first-order valence-electron chi connectivity index (χ1n) is 10.3. The Morgan fingerprint density at radius 3 is 2.12 bits per heavy atom. The molecule has 6 nitrogen and oxygen atoms in total. The fraction of sp³-hybridized carbons (Fsp3) is 0.115. The normalized spacial score (nSPS) is 11.0. The number of aromatic nitrogens is 1. The lowest BCUT2D eigenvalue weighted by molar-refractivity contribution is -0.136. The Bertz CT molecular complexity index is 1210. The smallest absolute Gasteiger partial charge is 0.303 e. The zero-order valence-electron chi connectivity index (χ0n) is 17.7. The van der Waals surface area contributed by atoms with Gasteiger partial charge in [0.1, 0.15) is 5.75 Å². The predicted octanol–water partition coefficient (Wildman–Crippen LogP) is 6.59. The van der Waals surface area contributed by atoms with Crippen LogP contribution in [0.5, 0.6) is 5.75 Å². The minimum Gasteiger partial charge on any atom is -0.497 e. The Labute approximate surface area is 186 Å². The van der Waals surface area contributed by atoms with E-state index < -0.39 is 5.97 Å². The highest BCUT2D eigenvalue weighted by Gasteiger charge is 2.13. The van der Waals surface area contributed by atoms with Gasteiger partial charge in [-0.1, -0.05) is 18.2 Å². The number of carbonyl (C=O) groups is 1. The van der Waals surface area contributed by atoms with Crippen LogP contribution < -0.4 is 4.74 Å². The van der Waals surface area contributed by atoms with E-state index in [9.17, 15) is 4.79 Å². The van der Waals surface area contributed by atoms with E-state index in [4.69, 9.17) is 9.84 Å². The average molecular weight is 425 g/mol. The molecule has 1 heterocycles. The Morgan fingerprint density at radius 2 is 1.50 bits per heavy atom. The monoisotopic (exact) mass is 425 g/mol. The molecule has 0 saturated heterocycles. The number of hydrogen-bond donors (Lipinski definition) is 1. The van der Waals surface area contributed by atoms with Crippen molar-refractivity contribution >= 4 is 17.3 Å². The molecule has 0 unspecified atom stereocenters. The molecule has 6 heteroatoms. The highest BCUT2D eigenvalue weighted by Crippen LogP contribution is 2.30. The van der Waals surface area contributed by atoms with E-state index in [0.717, 1.165) is 39.8 Å². The highest BCUT2D eigenvalue weighted by molar-refractivity contribution is 5.68. The van der Waals surface area contributed by atoms with Crippen molar-refractivity contribution in [3.8, 4) is 22.7 Å². The van der Waals surface area contributed by atoms with Gasteiger partial charge >= 0.3 is 5.97 Å². The number of methoxy groups -OCH3 is 1. The third-order valence-electron chi connectivity index (χ3n) is 5.09. The maximum absolute atomic E-state index is 11.2. The number of benzene rings is 3. The molecule has 0 radical (unpaired) electrons. The molecule has 0 aliphatic rings. The second-order valence-corrected chi connectivity index (χ2v) is 7.22. The molecular weight excluding hydrogens is 402 g/mol. The molecule has 0 aliphatic carbocycles. The fourth-order valence-electron chi connectivity index (χ4n) is 3.48. The van der Waals surface area contributed by atoms with Crippen LogP contribution in [-0.4, -0.2) is 22.8 Å². The van der Waals surface area contributed by atoms with Crippen LogP contribution in [0.15, 0.2) is 101 Å². The lowest BCUT2D eigenvalue weighted by Crippen LogP contribution is -2.05. The molecule has 3 aromatic carbocycles. The van der Waals surface area contributed by atoms with Crippen molar-refractivity contribution in [3.63, 3.8) is 0 Å². The first-order chi connectivity index (χ1) is 15.6. The fourth-order valence-corrected chi connectivity index (χ4v) is 3.48. The summed E-state index contributed by atoms with van der Waals surface area (Å²) in [5, 5.41) is 17.7. The Hall–Kier alpha value is -4.19. The van der Waals surface area contributed by atoms with Gasteiger partial charge in [0.2, 0.25) is 0 Å². The van der Waals surface area contributed by atoms with E-state index in [2.05, 4.69) is 14.8 Å². The molecule has 0 atom stereocenters. The first-order valence-corrected chi connectivity index (χ1v) is 10.3. The minimum absolute atomic E-state index is 0.0649. The van der Waals surface area contributed by atoms with Crippen molar-refractivity contribution in [2.75, 3.05) is 7.11 Å². The summed E-state index contributed by atoms with van der Waals surface area (Å²) in [5.74, 6) is -0.0356. The van der Waals surface area contributed by atoms with Gasteiger partial charge in [-0.2, -0.15) is 10.2 Å². The molecule has 4 aromatic rings. The molecule has 0 fully saturated rings. The van der Waals surface area contributed by atoms with Crippen LogP contribution in [0.3, 0.4) is 0 Å². The molecule has 0 amide bonds. The van der Waals surface area contributed by atoms with E-state index in [0.29, 0.717) is 6.42 Å². The maximum Gasteiger partial charge on any atom is 0.303 e. The van der Waals surface area contributed by atoms with E-state index in [-0.39, 0.29) is 6.42 Å². The lowest BCUT2D eigenvalue weighted by Gasteiger charge is -2.14. The molecule has 1 N–H and O–H groups in total. The number of carboxylic acid groups (broad SMARTS) is 1. The van der Waals surface area contributed by atoms with E-state index in [1.54, 1.807) is 7.11 Å². The molecular formula is C26H23N3O3. The van der Waals surface area contributed by atoms with Crippen molar-refractivity contribution < 1.29 is 14.6 Å². The van der Waals surface area contributed by atoms with Crippen LogP contribution >= 0.6 is 0 Å². The SMILES string of the molecule is COc1ccc(-c2ccc(CCC(=O)O)n2-c2ccc(N=Nc3ccccc3)cc2)cc1. The van der Waals surface area contributed by atoms with Crippen LogP contribution in [0.2, 0.25) is 0 Å². The zero-order chi connectivity index (χ0) is 22.3. The molecule has 4 rings (SSSR count). The average Bonchev–Trinajstić information content (AvgIpc) is 3.26. The number of nitrogens with zero attached hydrogens (tertiary/aromatic N) is 3. The Morgan fingerprint density at radius 1 is 0.844 bits per heavy atom. The van der Waals surface area contributed by atoms with Gasteiger partial charge in [-0.15, -0.1) is 0 Å². The van der Waals surface area contributed by atoms with Crippen LogP contribution in [0.4, 0.5) is 11.4 Å². The van der Waals surface area contributed by atoms with Gasteiger partial charge < -0.3 is 14.4 Å². The Kier molecular flexibility index (Phi) is 6.41. The molecule has 0 spiro atoms. The Balaban J connectivity index is 1.67. The predicted molar refractivity (Wildman–Crippen MR) is 124 cm³/mol. The number of rotatable bonds is 8. The van der Waals surface area contributed by atoms with Gasteiger partial charge in [0.25, 0.3) is 0 Å². The highest BCUT2D eigenvalue weighted by atomic mass is 16.5. The lowest BCUT2D eigenvalue weighted by atomic mass is 10.1. The van der Waals surface area contributed by atoms with Crippen molar-refractivity contribution in [3.05, 3.63) is 96.7 Å². The van der Waals surface area contributed by atoms with Crippen LogP contribution in [0.1, 0.15) is 12.1 Å². The van der Waals surface area contributed by atoms with Gasteiger partial charge in [0.15, 0.2) is 0 Å². The standard InChI is InChI=1S/C26H23N3O3/c1-32-24-15-7-19(8-16-24)25-17-13-23(14-18-26(30)31)29(25)22-11-9-21(10-12-22)28-27-20-5-3-2-4-6-20/h2-13,15-17H,14,18H2,1H3,(H,30,31). The minimum atomic E-state index is -0.819. The summed E-state index contributed by atoms with van der Waals surface area (Å²) < 4.78 is 7.35. The first kappa shape index (κ1) is 21.1. The third-order valence-corrected chi connectivity index (χ3v) is 5.09. The van der Waals surface area contributed by atoms with Gasteiger partial charge in [0.05, 0.1) is 30.6 Å². The number of azo groups is 1. The second kappa shape index (κ2) is 9.75. The molecule has 0 aliphatic heterocycles. The maximum atomic E-state index is 11.2. The third kappa shape index (κ3) is 4.92. The van der Waals surface area contributed by atoms with Crippen LogP contribution in [0, 0.1) is 0 Å². The van der Waals surface area contributed by atoms with E-state index >= 15 is 0 Å². The molecule has 160 valence electrons. The zero-order valence-corrected chi connectivity index (χ0v) is 17.7. The summed E-state index contributed by atoms with van der Waals surface area (Å²) in [4.78, 5) is 11.2. The molecule has 0 bridgehead atoms. The van der Waals surface area contributed by atoms with Gasteiger partial charge in [-0.05, 0) is 84.8 Å². The van der Waals surface area contributed by atoms with Gasteiger partial charge in [-0.3, -0.25) is 4.79 Å². The topological polar surface area (TPSA) is 76.2 Å². The number of aliphatic carboxylic acids is 1. The van der Waals surface area contributed by atoms with Gasteiger partial charge in [-0.25, -0.2) is 0 Å². The van der Waals surface area contributed by atoms with E-state index in [1.807, 2.05) is 91.0 Å². The number of hydrogen-bond acceptors (Lipinski definition) is 4.